The lowest BCUT2D eigenvalue weighted by atomic mass is 10.8. The molecule has 0 aliphatic rings. The zero-order chi connectivity index (χ0) is 6.69. The molecule has 47 valence electrons. The summed E-state index contributed by atoms with van der Waals surface area (Å²) in [4.78, 5) is 14.3. The summed E-state index contributed by atoms with van der Waals surface area (Å²) in [6.45, 7) is 0. The van der Waals surface area contributed by atoms with Gasteiger partial charge < -0.3 is 5.32 Å². The van der Waals surface area contributed by atoms with E-state index in [9.17, 15) is 4.79 Å². The molecule has 1 N–H and O–H groups in total. The van der Waals surface area contributed by atoms with Gasteiger partial charge in [-0.25, -0.2) is 9.78 Å². The molecule has 0 unspecified atom stereocenters. The highest BCUT2D eigenvalue weighted by Gasteiger charge is 1.95. The van der Waals surface area contributed by atoms with E-state index < -0.39 is 0 Å². The van der Waals surface area contributed by atoms with Crippen molar-refractivity contribution in [1.82, 2.24) is 14.9 Å². The van der Waals surface area contributed by atoms with E-state index >= 15 is 0 Å². The summed E-state index contributed by atoms with van der Waals surface area (Å²) in [6, 6.07) is -0.285. The minimum atomic E-state index is -0.285. The Morgan fingerprint density at radius 2 is 2.56 bits per heavy atom. The van der Waals surface area contributed by atoms with Gasteiger partial charge >= 0.3 is 6.03 Å². The molecule has 0 saturated carbocycles. The third-order valence-corrected chi connectivity index (χ3v) is 0.890. The summed E-state index contributed by atoms with van der Waals surface area (Å²) in [6.07, 6.45) is 4.47. The van der Waals surface area contributed by atoms with E-state index in [1.165, 1.54) is 17.1 Å². The monoisotopic (exact) mass is 124 g/mol. The maximum absolute atomic E-state index is 10.6. The lowest BCUT2D eigenvalue weighted by molar-refractivity contribution is 0.245. The Bertz CT molecular complexity index is 192. The van der Waals surface area contributed by atoms with Gasteiger partial charge in [0.25, 0.3) is 0 Å². The number of imidazole rings is 1. The van der Waals surface area contributed by atoms with Crippen molar-refractivity contribution in [2.75, 3.05) is 0 Å². The number of nitrogens with zero attached hydrogens (tertiary/aromatic N) is 2. The number of aromatic nitrogens is 2. The van der Waals surface area contributed by atoms with Crippen molar-refractivity contribution in [2.45, 2.75) is 0 Å². The molecule has 0 aliphatic carbocycles. The summed E-state index contributed by atoms with van der Waals surface area (Å²) in [5.41, 5.74) is 0. The Morgan fingerprint density at radius 1 is 1.78 bits per heavy atom. The second-order valence-corrected chi connectivity index (χ2v) is 1.45. The summed E-state index contributed by atoms with van der Waals surface area (Å²) in [7, 11) is 3.19. The fraction of sp³-hybridized carbons (Fsp3) is 0. The number of amides is 1. The summed E-state index contributed by atoms with van der Waals surface area (Å²) >= 11 is 0. The van der Waals surface area contributed by atoms with Crippen LogP contribution in [0.25, 0.3) is 0 Å². The molecule has 1 rings (SSSR count). The van der Waals surface area contributed by atoms with Gasteiger partial charge in [-0.2, -0.15) is 0 Å². The summed E-state index contributed by atoms with van der Waals surface area (Å²) in [5.74, 6) is 0. The van der Waals surface area contributed by atoms with E-state index in [0.29, 0.717) is 0 Å². The van der Waals surface area contributed by atoms with Crippen LogP contribution in [0, 0.1) is 7.05 Å². The van der Waals surface area contributed by atoms with E-state index in [1.54, 1.807) is 6.20 Å². The summed E-state index contributed by atoms with van der Waals surface area (Å²) < 4.78 is 1.30. The normalized spacial score (nSPS) is 9.00. The molecule has 9 heavy (non-hydrogen) atoms. The quantitative estimate of drug-likeness (QED) is 0.538. The number of nitrogens with one attached hydrogen (secondary N) is 1. The first-order valence-electron chi connectivity index (χ1n) is 2.40. The average Bonchev–Trinajstić information content (AvgIpc) is 2.37. The van der Waals surface area contributed by atoms with Crippen LogP contribution in [0.3, 0.4) is 0 Å². The van der Waals surface area contributed by atoms with Crippen LogP contribution < -0.4 is 5.32 Å². The molecule has 4 heteroatoms. The van der Waals surface area contributed by atoms with Crippen LogP contribution in [0.5, 0.6) is 0 Å². The van der Waals surface area contributed by atoms with E-state index in [4.69, 9.17) is 0 Å². The van der Waals surface area contributed by atoms with Crippen molar-refractivity contribution >= 4 is 6.03 Å². The van der Waals surface area contributed by atoms with Crippen LogP contribution >= 0.6 is 0 Å². The molecule has 1 aromatic heterocycles. The molecule has 0 aliphatic heterocycles. The fourth-order valence-electron chi connectivity index (χ4n) is 0.471. The van der Waals surface area contributed by atoms with Crippen molar-refractivity contribution in [3.05, 3.63) is 25.8 Å². The Hall–Kier alpha value is -1.32. The van der Waals surface area contributed by atoms with Gasteiger partial charge in [0, 0.05) is 19.4 Å². The van der Waals surface area contributed by atoms with Gasteiger partial charge in [-0.3, -0.25) is 4.57 Å². The van der Waals surface area contributed by atoms with Gasteiger partial charge in [0.2, 0.25) is 0 Å². The molecule has 1 radical (unpaired) electrons. The lowest BCUT2D eigenvalue weighted by Gasteiger charge is -1.95. The minimum absolute atomic E-state index is 0.285. The van der Waals surface area contributed by atoms with Gasteiger partial charge in [-0.15, -0.1) is 0 Å². The SMILES string of the molecule is [CH2]NC(=O)n1ccnc1. The van der Waals surface area contributed by atoms with Gasteiger partial charge in [0.05, 0.1) is 0 Å². The number of hydrogen-bond acceptors (Lipinski definition) is 2. The van der Waals surface area contributed by atoms with E-state index in [-0.39, 0.29) is 6.03 Å². The third kappa shape index (κ3) is 1.07. The maximum Gasteiger partial charge on any atom is 0.326 e. The Balaban J connectivity index is 2.77. The topological polar surface area (TPSA) is 46.9 Å². The van der Waals surface area contributed by atoms with Crippen LogP contribution in [0.4, 0.5) is 4.79 Å². The Morgan fingerprint density at radius 3 is 3.00 bits per heavy atom. The van der Waals surface area contributed by atoms with E-state index in [1.807, 2.05) is 0 Å². The molecule has 0 atom stereocenters. The molecule has 1 heterocycles. The smallest absolute Gasteiger partial charge is 0.326 e. The van der Waals surface area contributed by atoms with Crippen molar-refractivity contribution in [1.29, 1.82) is 0 Å². The number of rotatable bonds is 0. The first-order chi connectivity index (χ1) is 4.34. The highest BCUT2D eigenvalue weighted by molar-refractivity contribution is 5.76. The minimum Gasteiger partial charge on any atom is -0.336 e. The number of hydrogen-bond donors (Lipinski definition) is 1. The van der Waals surface area contributed by atoms with Gasteiger partial charge in [0.15, 0.2) is 0 Å². The van der Waals surface area contributed by atoms with Crippen LogP contribution in [0.1, 0.15) is 0 Å². The molecular weight excluding hydrogens is 118 g/mol. The van der Waals surface area contributed by atoms with Crippen molar-refractivity contribution in [3.63, 3.8) is 0 Å². The predicted molar refractivity (Wildman–Crippen MR) is 31.5 cm³/mol. The molecule has 4 nitrogen and oxygen atoms in total. The third-order valence-electron chi connectivity index (χ3n) is 0.890. The maximum atomic E-state index is 10.6. The van der Waals surface area contributed by atoms with Crippen molar-refractivity contribution in [3.8, 4) is 0 Å². The highest BCUT2D eigenvalue weighted by Crippen LogP contribution is 1.82. The zero-order valence-corrected chi connectivity index (χ0v) is 4.74. The van der Waals surface area contributed by atoms with Crippen LogP contribution in [0.2, 0.25) is 0 Å². The molecular formula is C5H6N3O. The molecule has 0 aromatic carbocycles. The van der Waals surface area contributed by atoms with Crippen molar-refractivity contribution < 1.29 is 4.79 Å². The number of carbonyl (C=O) groups is 1. The van der Waals surface area contributed by atoms with Crippen molar-refractivity contribution in [2.24, 2.45) is 0 Å². The lowest BCUT2D eigenvalue weighted by Crippen LogP contribution is -2.20. The Kier molecular flexibility index (Phi) is 1.48. The first-order valence-corrected chi connectivity index (χ1v) is 2.40. The molecule has 1 aromatic rings. The standard InChI is InChI=1S/C5H6N3O/c1-6-5(9)8-3-2-7-4-8/h2-4H,1H2,(H,6,9). The van der Waals surface area contributed by atoms with E-state index in [0.717, 1.165) is 0 Å². The zero-order valence-electron chi connectivity index (χ0n) is 4.74. The molecule has 0 fully saturated rings. The van der Waals surface area contributed by atoms with Gasteiger partial charge in [-0.1, -0.05) is 0 Å². The summed E-state index contributed by atoms with van der Waals surface area (Å²) in [5, 5.41) is 2.20. The van der Waals surface area contributed by atoms with Crippen LogP contribution in [0.15, 0.2) is 18.7 Å². The van der Waals surface area contributed by atoms with Gasteiger partial charge in [0.1, 0.15) is 6.33 Å². The average molecular weight is 124 g/mol. The molecule has 1 amide bonds. The second-order valence-electron chi connectivity index (χ2n) is 1.45. The predicted octanol–water partition coefficient (Wildman–Crippen LogP) is 0.232. The fourth-order valence-corrected chi connectivity index (χ4v) is 0.471. The molecule has 0 bridgehead atoms. The van der Waals surface area contributed by atoms with Crippen LogP contribution in [-0.4, -0.2) is 15.6 Å². The largest absolute Gasteiger partial charge is 0.336 e. The molecule has 0 spiro atoms. The number of carbonyl (C=O) groups excluding carboxylic acids is 1. The molecule has 0 saturated heterocycles. The van der Waals surface area contributed by atoms with Crippen LogP contribution in [-0.2, 0) is 0 Å². The first kappa shape index (κ1) is 5.81. The Labute approximate surface area is 52.5 Å². The van der Waals surface area contributed by atoms with Gasteiger partial charge in [-0.05, 0) is 0 Å². The second kappa shape index (κ2) is 2.30. The van der Waals surface area contributed by atoms with E-state index in [2.05, 4.69) is 17.3 Å². The highest BCUT2D eigenvalue weighted by atomic mass is 16.2.